The van der Waals surface area contributed by atoms with Crippen LogP contribution >= 0.6 is 0 Å². The van der Waals surface area contributed by atoms with Crippen LogP contribution in [-0.2, 0) is 4.74 Å². The second kappa shape index (κ2) is 7.39. The molecule has 0 spiro atoms. The molecule has 0 atom stereocenters. The lowest BCUT2D eigenvalue weighted by Gasteiger charge is -2.27. The topological polar surface area (TPSA) is 79.9 Å². The van der Waals surface area contributed by atoms with E-state index in [0.717, 1.165) is 35.5 Å². The number of rotatable bonds is 4. The molecule has 27 heavy (non-hydrogen) atoms. The molecule has 2 N–H and O–H groups in total. The van der Waals surface area contributed by atoms with Crippen molar-refractivity contribution in [3.05, 3.63) is 42.1 Å². The van der Waals surface area contributed by atoms with Gasteiger partial charge in [0.25, 0.3) is 0 Å². The highest BCUT2D eigenvalue weighted by atomic mass is 16.5. The van der Waals surface area contributed by atoms with Gasteiger partial charge in [-0.3, -0.25) is 0 Å². The number of methoxy groups -OCH3 is 1. The first kappa shape index (κ1) is 17.5. The highest BCUT2D eigenvalue weighted by Gasteiger charge is 2.21. The van der Waals surface area contributed by atoms with Crippen molar-refractivity contribution < 1.29 is 9.53 Å². The highest BCUT2D eigenvalue weighted by Crippen LogP contribution is 2.30. The van der Waals surface area contributed by atoms with Crippen LogP contribution in [-0.4, -0.2) is 34.1 Å². The molecule has 0 bridgehead atoms. The Labute approximate surface area is 158 Å². The number of anilines is 1. The monoisotopic (exact) mass is 364 g/mol. The van der Waals surface area contributed by atoms with E-state index in [4.69, 9.17) is 9.72 Å². The zero-order valence-corrected chi connectivity index (χ0v) is 15.7. The van der Waals surface area contributed by atoms with Crippen molar-refractivity contribution in [3.8, 4) is 11.4 Å². The Morgan fingerprint density at radius 2 is 1.89 bits per heavy atom. The highest BCUT2D eigenvalue weighted by molar-refractivity contribution is 5.98. The van der Waals surface area contributed by atoms with Gasteiger partial charge in [-0.05, 0) is 37.7 Å². The number of aromatic nitrogens is 3. The van der Waals surface area contributed by atoms with Crippen molar-refractivity contribution in [2.45, 2.75) is 38.6 Å². The van der Waals surface area contributed by atoms with Gasteiger partial charge in [-0.25, -0.2) is 14.8 Å². The number of hydrogen-bond donors (Lipinski definition) is 2. The molecule has 0 aliphatic heterocycles. The predicted molar refractivity (Wildman–Crippen MR) is 106 cm³/mol. The lowest BCUT2D eigenvalue weighted by Crippen LogP contribution is -2.25. The average Bonchev–Trinajstić information content (AvgIpc) is 3.14. The maximum atomic E-state index is 12.0. The van der Waals surface area contributed by atoms with Crippen molar-refractivity contribution in [2.24, 2.45) is 5.92 Å². The molecule has 0 radical (unpaired) electrons. The molecule has 4 rings (SSSR count). The number of carbonyl (C=O) groups is 1. The van der Waals surface area contributed by atoms with Gasteiger partial charge in [0, 0.05) is 11.6 Å². The Balaban J connectivity index is 1.76. The number of fused-ring (bicyclic) bond motifs is 1. The van der Waals surface area contributed by atoms with E-state index in [1.807, 2.05) is 30.3 Å². The standard InChI is InChI=1S/C21H24N4O2/c1-13-8-10-15(11-9-13)22-19-16-12-17(21(26)27-2)23-20(16)25-18(24-19)14-6-4-3-5-7-14/h3-7,12-13,15H,8-11H2,1-2H3,(H2,22,23,24,25). The van der Waals surface area contributed by atoms with Gasteiger partial charge < -0.3 is 15.0 Å². The fourth-order valence-corrected chi connectivity index (χ4v) is 3.65. The van der Waals surface area contributed by atoms with Crippen molar-refractivity contribution in [1.29, 1.82) is 0 Å². The summed E-state index contributed by atoms with van der Waals surface area (Å²) in [7, 11) is 1.37. The molecule has 3 aromatic rings. The number of ether oxygens (including phenoxy) is 1. The Morgan fingerprint density at radius 3 is 2.59 bits per heavy atom. The molecule has 6 nitrogen and oxygen atoms in total. The summed E-state index contributed by atoms with van der Waals surface area (Å²) in [5, 5.41) is 4.42. The molecule has 2 heterocycles. The van der Waals surface area contributed by atoms with E-state index in [0.29, 0.717) is 23.2 Å². The van der Waals surface area contributed by atoms with Crippen molar-refractivity contribution in [1.82, 2.24) is 15.0 Å². The van der Waals surface area contributed by atoms with Gasteiger partial charge in [0.2, 0.25) is 0 Å². The van der Waals surface area contributed by atoms with Gasteiger partial charge in [0.1, 0.15) is 17.2 Å². The van der Waals surface area contributed by atoms with E-state index in [9.17, 15) is 4.79 Å². The number of nitrogens with one attached hydrogen (secondary N) is 2. The number of carbonyl (C=O) groups excluding carboxylic acids is 1. The van der Waals surface area contributed by atoms with E-state index in [2.05, 4.69) is 22.2 Å². The summed E-state index contributed by atoms with van der Waals surface area (Å²) >= 11 is 0. The minimum Gasteiger partial charge on any atom is -0.464 e. The Kier molecular flexibility index (Phi) is 4.79. The quantitative estimate of drug-likeness (QED) is 0.671. The van der Waals surface area contributed by atoms with Gasteiger partial charge in [0.05, 0.1) is 12.5 Å². The summed E-state index contributed by atoms with van der Waals surface area (Å²) in [5.41, 5.74) is 1.96. The molecule has 1 saturated carbocycles. The summed E-state index contributed by atoms with van der Waals surface area (Å²) in [6.45, 7) is 2.31. The van der Waals surface area contributed by atoms with Gasteiger partial charge in [-0.2, -0.15) is 0 Å². The SMILES string of the molecule is COC(=O)c1cc2c(NC3CCC(C)CC3)nc(-c3ccccc3)nc2[nH]1. The van der Waals surface area contributed by atoms with Crippen LogP contribution in [0.1, 0.15) is 43.1 Å². The maximum absolute atomic E-state index is 12.0. The molecule has 1 fully saturated rings. The molecule has 6 heteroatoms. The maximum Gasteiger partial charge on any atom is 0.354 e. The summed E-state index contributed by atoms with van der Waals surface area (Å²) in [4.78, 5) is 24.5. The minimum absolute atomic E-state index is 0.382. The number of aromatic amines is 1. The van der Waals surface area contributed by atoms with Crippen LogP contribution in [0.2, 0.25) is 0 Å². The third-order valence-electron chi connectivity index (χ3n) is 5.28. The Morgan fingerprint density at radius 1 is 1.15 bits per heavy atom. The first-order valence-electron chi connectivity index (χ1n) is 9.45. The van der Waals surface area contributed by atoms with Crippen LogP contribution in [0.5, 0.6) is 0 Å². The molecule has 2 aromatic heterocycles. The lowest BCUT2D eigenvalue weighted by molar-refractivity contribution is 0.0595. The average molecular weight is 364 g/mol. The largest absolute Gasteiger partial charge is 0.464 e. The zero-order chi connectivity index (χ0) is 18.8. The number of benzene rings is 1. The summed E-state index contributed by atoms with van der Waals surface area (Å²) < 4.78 is 4.84. The molecule has 1 aliphatic rings. The summed E-state index contributed by atoms with van der Waals surface area (Å²) in [6, 6.07) is 12.0. The van der Waals surface area contributed by atoms with Crippen molar-refractivity contribution in [2.75, 3.05) is 12.4 Å². The first-order chi connectivity index (χ1) is 13.1. The third kappa shape index (κ3) is 3.65. The summed E-state index contributed by atoms with van der Waals surface area (Å²) in [5.74, 6) is 1.77. The Hall–Kier alpha value is -2.89. The summed E-state index contributed by atoms with van der Waals surface area (Å²) in [6.07, 6.45) is 4.69. The normalized spacial score (nSPS) is 19.8. The molecule has 1 aromatic carbocycles. The fraction of sp³-hybridized carbons (Fsp3) is 0.381. The second-order valence-electron chi connectivity index (χ2n) is 7.30. The molecule has 1 aliphatic carbocycles. The van der Waals surface area contributed by atoms with Crippen molar-refractivity contribution >= 4 is 22.8 Å². The molecular weight excluding hydrogens is 340 g/mol. The smallest absolute Gasteiger partial charge is 0.354 e. The van der Waals surface area contributed by atoms with Gasteiger partial charge in [0.15, 0.2) is 5.82 Å². The van der Waals surface area contributed by atoms with E-state index < -0.39 is 5.97 Å². The zero-order valence-electron chi connectivity index (χ0n) is 15.7. The Bertz CT molecular complexity index is 943. The van der Waals surface area contributed by atoms with Crippen LogP contribution in [0.3, 0.4) is 0 Å². The first-order valence-corrected chi connectivity index (χ1v) is 9.45. The number of esters is 1. The van der Waals surface area contributed by atoms with E-state index in [1.165, 1.54) is 20.0 Å². The van der Waals surface area contributed by atoms with Gasteiger partial charge in [-0.1, -0.05) is 37.3 Å². The molecule has 0 amide bonds. The van der Waals surface area contributed by atoms with Crippen LogP contribution in [0.15, 0.2) is 36.4 Å². The van der Waals surface area contributed by atoms with E-state index in [-0.39, 0.29) is 0 Å². The van der Waals surface area contributed by atoms with Crippen molar-refractivity contribution in [3.63, 3.8) is 0 Å². The van der Waals surface area contributed by atoms with E-state index >= 15 is 0 Å². The van der Waals surface area contributed by atoms with Crippen LogP contribution in [0, 0.1) is 5.92 Å². The molecule has 0 unspecified atom stereocenters. The molecule has 0 saturated heterocycles. The lowest BCUT2D eigenvalue weighted by atomic mass is 9.87. The van der Waals surface area contributed by atoms with Crippen LogP contribution in [0.4, 0.5) is 5.82 Å². The predicted octanol–water partition coefficient (Wildman–Crippen LogP) is 4.40. The number of H-pyrrole nitrogens is 1. The fourth-order valence-electron chi connectivity index (χ4n) is 3.65. The second-order valence-corrected chi connectivity index (χ2v) is 7.30. The van der Waals surface area contributed by atoms with Gasteiger partial charge >= 0.3 is 5.97 Å². The number of hydrogen-bond acceptors (Lipinski definition) is 5. The van der Waals surface area contributed by atoms with Gasteiger partial charge in [-0.15, -0.1) is 0 Å². The van der Waals surface area contributed by atoms with E-state index in [1.54, 1.807) is 6.07 Å². The third-order valence-corrected chi connectivity index (χ3v) is 5.28. The van der Waals surface area contributed by atoms with Crippen LogP contribution in [0.25, 0.3) is 22.4 Å². The number of nitrogens with zero attached hydrogens (tertiary/aromatic N) is 2. The molecule has 140 valence electrons. The van der Waals surface area contributed by atoms with Crippen LogP contribution < -0.4 is 5.32 Å². The minimum atomic E-state index is -0.410. The molecular formula is C21H24N4O2.